The van der Waals surface area contributed by atoms with Gasteiger partial charge in [0.25, 0.3) is 5.91 Å². The van der Waals surface area contributed by atoms with Crippen LogP contribution in [0.15, 0.2) is 36.4 Å². The Bertz CT molecular complexity index is 835. The number of para-hydroxylation sites is 1. The number of carboxylic acid groups (broad SMARTS) is 1. The standard InChI is InChI=1S/C20H23NO7/c1-4-27-17-10-13(8-9-15(17)28-12-18(22)23)20(24)21-11-14-6-5-7-16(25-2)19(14)26-3/h5-10H,4,11-12H2,1-3H3,(H,21,24)(H,22,23). The Morgan fingerprint density at radius 3 is 2.43 bits per heavy atom. The van der Waals surface area contributed by atoms with Crippen molar-refractivity contribution < 1.29 is 33.6 Å². The van der Waals surface area contributed by atoms with Crippen LogP contribution in [0.4, 0.5) is 0 Å². The Morgan fingerprint density at radius 1 is 1.00 bits per heavy atom. The van der Waals surface area contributed by atoms with Crippen LogP contribution in [0.2, 0.25) is 0 Å². The third-order valence-electron chi connectivity index (χ3n) is 3.78. The smallest absolute Gasteiger partial charge is 0.341 e. The molecule has 0 aliphatic rings. The number of carbonyl (C=O) groups is 2. The SMILES string of the molecule is CCOc1cc(C(=O)NCc2cccc(OC)c2OC)ccc1OCC(=O)O. The fourth-order valence-electron chi connectivity index (χ4n) is 2.55. The third-order valence-corrected chi connectivity index (χ3v) is 3.78. The van der Waals surface area contributed by atoms with Crippen molar-refractivity contribution in [3.05, 3.63) is 47.5 Å². The van der Waals surface area contributed by atoms with E-state index in [2.05, 4.69) is 5.32 Å². The summed E-state index contributed by atoms with van der Waals surface area (Å²) in [5.74, 6) is 0.267. The first-order chi connectivity index (χ1) is 13.5. The molecule has 2 aromatic carbocycles. The zero-order valence-electron chi connectivity index (χ0n) is 16.0. The summed E-state index contributed by atoms with van der Waals surface area (Å²) < 4.78 is 21.3. The van der Waals surface area contributed by atoms with Gasteiger partial charge in [0.05, 0.1) is 20.8 Å². The minimum absolute atomic E-state index is 0.237. The molecule has 0 atom stereocenters. The summed E-state index contributed by atoms with van der Waals surface area (Å²) in [6.07, 6.45) is 0. The lowest BCUT2D eigenvalue weighted by Gasteiger charge is -2.14. The van der Waals surface area contributed by atoms with E-state index in [0.29, 0.717) is 29.4 Å². The summed E-state index contributed by atoms with van der Waals surface area (Å²) in [6, 6.07) is 9.97. The minimum Gasteiger partial charge on any atom is -0.493 e. The van der Waals surface area contributed by atoms with Crippen LogP contribution in [-0.4, -0.2) is 44.4 Å². The highest BCUT2D eigenvalue weighted by atomic mass is 16.5. The molecule has 2 rings (SSSR count). The first kappa shape index (κ1) is 20.9. The highest BCUT2D eigenvalue weighted by Crippen LogP contribution is 2.31. The number of ether oxygens (including phenoxy) is 4. The van der Waals surface area contributed by atoms with E-state index in [1.807, 2.05) is 12.1 Å². The van der Waals surface area contributed by atoms with Gasteiger partial charge in [-0.1, -0.05) is 12.1 Å². The van der Waals surface area contributed by atoms with E-state index in [-0.39, 0.29) is 18.2 Å². The van der Waals surface area contributed by atoms with E-state index < -0.39 is 12.6 Å². The molecule has 0 radical (unpaired) electrons. The van der Waals surface area contributed by atoms with Crippen LogP contribution in [0.25, 0.3) is 0 Å². The van der Waals surface area contributed by atoms with Crippen molar-refractivity contribution in [2.45, 2.75) is 13.5 Å². The van der Waals surface area contributed by atoms with Gasteiger partial charge >= 0.3 is 5.97 Å². The predicted octanol–water partition coefficient (Wildman–Crippen LogP) is 2.50. The molecule has 0 saturated heterocycles. The Morgan fingerprint density at radius 2 is 1.79 bits per heavy atom. The van der Waals surface area contributed by atoms with Gasteiger partial charge in [-0.15, -0.1) is 0 Å². The molecule has 0 spiro atoms. The highest BCUT2D eigenvalue weighted by molar-refractivity contribution is 5.94. The maximum atomic E-state index is 12.5. The summed E-state index contributed by atoms with van der Waals surface area (Å²) in [6.45, 7) is 1.86. The number of nitrogens with one attached hydrogen (secondary N) is 1. The van der Waals surface area contributed by atoms with Crippen LogP contribution in [0, 0.1) is 0 Å². The fourth-order valence-corrected chi connectivity index (χ4v) is 2.55. The highest BCUT2D eigenvalue weighted by Gasteiger charge is 2.14. The monoisotopic (exact) mass is 389 g/mol. The van der Waals surface area contributed by atoms with Crippen molar-refractivity contribution in [1.82, 2.24) is 5.32 Å². The molecule has 0 bridgehead atoms. The number of hydrogen-bond acceptors (Lipinski definition) is 6. The molecular formula is C20H23NO7. The second-order valence-electron chi connectivity index (χ2n) is 5.61. The van der Waals surface area contributed by atoms with Crippen molar-refractivity contribution in [3.63, 3.8) is 0 Å². The minimum atomic E-state index is -1.10. The fraction of sp³-hybridized carbons (Fsp3) is 0.300. The number of carbonyl (C=O) groups excluding carboxylic acids is 1. The number of benzene rings is 2. The number of methoxy groups -OCH3 is 2. The van der Waals surface area contributed by atoms with Crippen LogP contribution >= 0.6 is 0 Å². The molecule has 1 amide bonds. The maximum absolute atomic E-state index is 12.5. The van der Waals surface area contributed by atoms with Crippen molar-refractivity contribution in [3.8, 4) is 23.0 Å². The number of aliphatic carboxylic acids is 1. The Hall–Kier alpha value is -3.42. The number of rotatable bonds is 10. The van der Waals surface area contributed by atoms with E-state index in [1.165, 1.54) is 25.3 Å². The largest absolute Gasteiger partial charge is 0.493 e. The Kier molecular flexibility index (Phi) is 7.50. The van der Waals surface area contributed by atoms with Gasteiger partial charge < -0.3 is 29.4 Å². The van der Waals surface area contributed by atoms with E-state index in [0.717, 1.165) is 5.56 Å². The average molecular weight is 389 g/mol. The first-order valence-corrected chi connectivity index (χ1v) is 8.59. The van der Waals surface area contributed by atoms with Crippen LogP contribution in [0.1, 0.15) is 22.8 Å². The van der Waals surface area contributed by atoms with Crippen LogP contribution < -0.4 is 24.3 Å². The lowest BCUT2D eigenvalue weighted by Crippen LogP contribution is -2.23. The van der Waals surface area contributed by atoms with Gasteiger partial charge in [0, 0.05) is 17.7 Å². The van der Waals surface area contributed by atoms with E-state index >= 15 is 0 Å². The third kappa shape index (κ3) is 5.29. The van der Waals surface area contributed by atoms with Gasteiger partial charge in [-0.2, -0.15) is 0 Å². The Balaban J connectivity index is 2.14. The van der Waals surface area contributed by atoms with Crippen LogP contribution in [0.3, 0.4) is 0 Å². The van der Waals surface area contributed by atoms with Crippen molar-refractivity contribution in [2.24, 2.45) is 0 Å². The summed E-state index contributed by atoms with van der Waals surface area (Å²) >= 11 is 0. The van der Waals surface area contributed by atoms with Crippen molar-refractivity contribution in [1.29, 1.82) is 0 Å². The molecule has 8 nitrogen and oxygen atoms in total. The summed E-state index contributed by atoms with van der Waals surface area (Å²) in [5.41, 5.74) is 1.12. The first-order valence-electron chi connectivity index (χ1n) is 8.59. The Labute approximate surface area is 163 Å². The molecule has 2 N–H and O–H groups in total. The molecule has 0 aliphatic carbocycles. The van der Waals surface area contributed by atoms with E-state index in [4.69, 9.17) is 24.1 Å². The van der Waals surface area contributed by atoms with Crippen molar-refractivity contribution >= 4 is 11.9 Å². The van der Waals surface area contributed by atoms with Gasteiger partial charge in [0.2, 0.25) is 0 Å². The molecule has 0 aliphatic heterocycles. The van der Waals surface area contributed by atoms with Gasteiger partial charge in [-0.25, -0.2) is 4.79 Å². The molecule has 0 aromatic heterocycles. The molecular weight excluding hydrogens is 366 g/mol. The lowest BCUT2D eigenvalue weighted by molar-refractivity contribution is -0.139. The number of carboxylic acids is 1. The lowest BCUT2D eigenvalue weighted by atomic mass is 10.1. The zero-order chi connectivity index (χ0) is 20.5. The predicted molar refractivity (Wildman–Crippen MR) is 101 cm³/mol. The van der Waals surface area contributed by atoms with Crippen LogP contribution in [-0.2, 0) is 11.3 Å². The number of hydrogen-bond donors (Lipinski definition) is 2. The second kappa shape index (κ2) is 10.1. The summed E-state index contributed by atoms with van der Waals surface area (Å²) in [7, 11) is 3.08. The number of amides is 1. The van der Waals surface area contributed by atoms with Crippen molar-refractivity contribution in [2.75, 3.05) is 27.4 Å². The molecule has 28 heavy (non-hydrogen) atoms. The molecule has 8 heteroatoms. The van der Waals surface area contributed by atoms with E-state index in [1.54, 1.807) is 20.1 Å². The van der Waals surface area contributed by atoms with Crippen LogP contribution in [0.5, 0.6) is 23.0 Å². The maximum Gasteiger partial charge on any atom is 0.341 e. The molecule has 0 fully saturated rings. The van der Waals surface area contributed by atoms with Gasteiger partial charge in [-0.3, -0.25) is 4.79 Å². The quantitative estimate of drug-likeness (QED) is 0.643. The van der Waals surface area contributed by atoms with Gasteiger partial charge in [-0.05, 0) is 31.2 Å². The molecule has 0 unspecified atom stereocenters. The zero-order valence-corrected chi connectivity index (χ0v) is 16.0. The average Bonchev–Trinajstić information content (AvgIpc) is 2.70. The molecule has 2 aromatic rings. The topological polar surface area (TPSA) is 103 Å². The normalized spacial score (nSPS) is 10.1. The van der Waals surface area contributed by atoms with Gasteiger partial charge in [0.1, 0.15) is 0 Å². The second-order valence-corrected chi connectivity index (χ2v) is 5.61. The summed E-state index contributed by atoms with van der Waals surface area (Å²) in [5, 5.41) is 11.6. The molecule has 0 saturated carbocycles. The van der Waals surface area contributed by atoms with Gasteiger partial charge in [0.15, 0.2) is 29.6 Å². The molecule has 0 heterocycles. The molecule has 150 valence electrons. The van der Waals surface area contributed by atoms with E-state index in [9.17, 15) is 9.59 Å². The summed E-state index contributed by atoms with van der Waals surface area (Å²) in [4.78, 5) is 23.2.